The van der Waals surface area contributed by atoms with E-state index in [9.17, 15) is 4.79 Å². The molecule has 1 aromatic carbocycles. The summed E-state index contributed by atoms with van der Waals surface area (Å²) in [6.45, 7) is 3.83. The molecule has 0 bridgehead atoms. The Kier molecular flexibility index (Phi) is 4.48. The average Bonchev–Trinajstić information content (AvgIpc) is 3.34. The minimum Gasteiger partial charge on any atom is -0.463 e. The van der Waals surface area contributed by atoms with Gasteiger partial charge in [-0.3, -0.25) is 4.79 Å². The van der Waals surface area contributed by atoms with Gasteiger partial charge in [0.1, 0.15) is 5.69 Å². The maximum absolute atomic E-state index is 12.8. The quantitative estimate of drug-likeness (QED) is 0.777. The maximum Gasteiger partial charge on any atom is 0.252 e. The molecule has 4 rings (SSSR count). The first kappa shape index (κ1) is 15.8. The topological polar surface area (TPSA) is 58.4 Å². The molecule has 25 heavy (non-hydrogen) atoms. The van der Waals surface area contributed by atoms with Crippen molar-refractivity contribution in [1.82, 2.24) is 15.2 Å². The lowest BCUT2D eigenvalue weighted by Crippen LogP contribution is -2.33. The fourth-order valence-corrected chi connectivity index (χ4v) is 3.34. The van der Waals surface area contributed by atoms with Crippen LogP contribution < -0.4 is 5.32 Å². The van der Waals surface area contributed by atoms with Crippen LogP contribution in [0.15, 0.2) is 53.1 Å². The second kappa shape index (κ2) is 7.07. The summed E-state index contributed by atoms with van der Waals surface area (Å²) in [7, 11) is 0. The number of amides is 1. The molecule has 0 saturated carbocycles. The van der Waals surface area contributed by atoms with E-state index in [2.05, 4.69) is 15.2 Å². The van der Waals surface area contributed by atoms with Crippen LogP contribution in [0.2, 0.25) is 0 Å². The summed E-state index contributed by atoms with van der Waals surface area (Å²) in [5, 5.41) is 3.91. The van der Waals surface area contributed by atoms with Crippen LogP contribution >= 0.6 is 0 Å². The molecule has 0 aliphatic carbocycles. The number of hydrogen-bond acceptors (Lipinski definition) is 4. The fraction of sp³-hybridized carbons (Fsp3) is 0.300. The van der Waals surface area contributed by atoms with Crippen molar-refractivity contribution >= 4 is 16.8 Å². The van der Waals surface area contributed by atoms with E-state index in [4.69, 9.17) is 4.42 Å². The molecule has 5 nitrogen and oxygen atoms in total. The third kappa shape index (κ3) is 3.42. The van der Waals surface area contributed by atoms with Crippen molar-refractivity contribution < 1.29 is 9.21 Å². The van der Waals surface area contributed by atoms with Crippen LogP contribution in [0.1, 0.15) is 23.2 Å². The Hall–Kier alpha value is -2.66. The number of carbonyl (C=O) groups excluding carboxylic acids is 1. The standard InChI is InChI=1S/C20H21N3O2/c24-20(21-9-12-23-10-3-4-11-23)16-14-18(19-8-5-13-25-19)22-17-7-2-1-6-15(16)17/h1-2,5-8,13-14H,3-4,9-12H2,(H,21,24). The predicted molar refractivity (Wildman–Crippen MR) is 97.5 cm³/mol. The Balaban J connectivity index is 1.59. The largest absolute Gasteiger partial charge is 0.463 e. The van der Waals surface area contributed by atoms with Crippen molar-refractivity contribution in [2.75, 3.05) is 26.2 Å². The van der Waals surface area contributed by atoms with Gasteiger partial charge >= 0.3 is 0 Å². The van der Waals surface area contributed by atoms with E-state index in [0.29, 0.717) is 23.6 Å². The molecule has 1 aliphatic heterocycles. The Bertz CT molecular complexity index is 868. The van der Waals surface area contributed by atoms with Crippen LogP contribution in [-0.4, -0.2) is 42.0 Å². The summed E-state index contributed by atoms with van der Waals surface area (Å²) >= 11 is 0. The van der Waals surface area contributed by atoms with Gasteiger partial charge in [0.05, 0.1) is 17.3 Å². The molecule has 3 aromatic rings. The van der Waals surface area contributed by atoms with Gasteiger partial charge in [-0.15, -0.1) is 0 Å². The third-order valence-corrected chi connectivity index (χ3v) is 4.65. The van der Waals surface area contributed by atoms with E-state index >= 15 is 0 Å². The van der Waals surface area contributed by atoms with E-state index in [1.807, 2.05) is 42.5 Å². The lowest BCUT2D eigenvalue weighted by atomic mass is 10.1. The van der Waals surface area contributed by atoms with Crippen molar-refractivity contribution in [2.24, 2.45) is 0 Å². The van der Waals surface area contributed by atoms with E-state index in [-0.39, 0.29) is 5.91 Å². The zero-order valence-corrected chi connectivity index (χ0v) is 14.1. The Morgan fingerprint density at radius 2 is 2.00 bits per heavy atom. The molecule has 0 unspecified atom stereocenters. The van der Waals surface area contributed by atoms with Gasteiger partial charge in [-0.2, -0.15) is 0 Å². The van der Waals surface area contributed by atoms with Crippen LogP contribution in [0.25, 0.3) is 22.4 Å². The van der Waals surface area contributed by atoms with Gasteiger partial charge in [-0.1, -0.05) is 18.2 Å². The third-order valence-electron chi connectivity index (χ3n) is 4.65. The van der Waals surface area contributed by atoms with Crippen LogP contribution in [0.3, 0.4) is 0 Å². The number of pyridine rings is 1. The maximum atomic E-state index is 12.8. The second-order valence-electron chi connectivity index (χ2n) is 6.35. The first-order chi connectivity index (χ1) is 12.3. The number of para-hydroxylation sites is 1. The van der Waals surface area contributed by atoms with Crippen molar-refractivity contribution in [2.45, 2.75) is 12.8 Å². The molecule has 1 aliphatic rings. The molecule has 1 saturated heterocycles. The minimum absolute atomic E-state index is 0.0643. The highest BCUT2D eigenvalue weighted by molar-refractivity contribution is 6.07. The van der Waals surface area contributed by atoms with E-state index in [1.54, 1.807) is 6.26 Å². The minimum atomic E-state index is -0.0643. The lowest BCUT2D eigenvalue weighted by molar-refractivity contribution is 0.0951. The number of nitrogens with one attached hydrogen (secondary N) is 1. The van der Waals surface area contributed by atoms with Crippen LogP contribution in [0, 0.1) is 0 Å². The van der Waals surface area contributed by atoms with Gasteiger partial charge in [0.25, 0.3) is 5.91 Å². The van der Waals surface area contributed by atoms with E-state index in [0.717, 1.165) is 30.5 Å². The smallest absolute Gasteiger partial charge is 0.252 e. The molecular formula is C20H21N3O2. The summed E-state index contributed by atoms with van der Waals surface area (Å²) < 4.78 is 5.45. The molecule has 0 atom stereocenters. The first-order valence-corrected chi connectivity index (χ1v) is 8.75. The monoisotopic (exact) mass is 335 g/mol. The summed E-state index contributed by atoms with van der Waals surface area (Å²) in [5.41, 5.74) is 2.10. The zero-order chi connectivity index (χ0) is 17.1. The Morgan fingerprint density at radius 1 is 1.16 bits per heavy atom. The highest BCUT2D eigenvalue weighted by Gasteiger charge is 2.16. The number of nitrogens with zero attached hydrogens (tertiary/aromatic N) is 2. The average molecular weight is 335 g/mol. The highest BCUT2D eigenvalue weighted by atomic mass is 16.3. The molecule has 1 amide bonds. The zero-order valence-electron chi connectivity index (χ0n) is 14.1. The fourth-order valence-electron chi connectivity index (χ4n) is 3.34. The number of rotatable bonds is 5. The molecule has 1 N–H and O–H groups in total. The number of aromatic nitrogens is 1. The van der Waals surface area contributed by atoms with Crippen LogP contribution in [-0.2, 0) is 0 Å². The van der Waals surface area contributed by atoms with Gasteiger partial charge < -0.3 is 14.6 Å². The molecule has 0 radical (unpaired) electrons. The van der Waals surface area contributed by atoms with E-state index in [1.165, 1.54) is 12.8 Å². The Labute approximate surface area is 146 Å². The number of furan rings is 1. The molecule has 5 heteroatoms. The van der Waals surface area contributed by atoms with Crippen molar-refractivity contribution in [3.05, 3.63) is 54.3 Å². The summed E-state index contributed by atoms with van der Waals surface area (Å²) in [6.07, 6.45) is 4.13. The van der Waals surface area contributed by atoms with Crippen LogP contribution in [0.4, 0.5) is 0 Å². The summed E-state index contributed by atoms with van der Waals surface area (Å²) in [6, 6.07) is 13.2. The highest BCUT2D eigenvalue weighted by Crippen LogP contribution is 2.25. The molecule has 3 heterocycles. The number of likely N-dealkylation sites (tertiary alicyclic amines) is 1. The van der Waals surface area contributed by atoms with Gasteiger partial charge in [-0.05, 0) is 50.2 Å². The first-order valence-electron chi connectivity index (χ1n) is 8.75. The number of benzene rings is 1. The Morgan fingerprint density at radius 3 is 2.80 bits per heavy atom. The molecule has 128 valence electrons. The van der Waals surface area contributed by atoms with Gasteiger partial charge in [-0.25, -0.2) is 4.98 Å². The number of carbonyl (C=O) groups is 1. The normalized spacial score (nSPS) is 14.9. The van der Waals surface area contributed by atoms with Crippen molar-refractivity contribution in [3.8, 4) is 11.5 Å². The number of hydrogen-bond donors (Lipinski definition) is 1. The summed E-state index contributed by atoms with van der Waals surface area (Å²) in [4.78, 5) is 19.8. The molecule has 2 aromatic heterocycles. The lowest BCUT2D eigenvalue weighted by Gasteiger charge is -2.15. The summed E-state index contributed by atoms with van der Waals surface area (Å²) in [5.74, 6) is 0.600. The SMILES string of the molecule is O=C(NCCN1CCCC1)c1cc(-c2ccco2)nc2ccccc12. The predicted octanol–water partition coefficient (Wildman–Crippen LogP) is 3.32. The van der Waals surface area contributed by atoms with Crippen molar-refractivity contribution in [1.29, 1.82) is 0 Å². The van der Waals surface area contributed by atoms with Gasteiger partial charge in [0, 0.05) is 18.5 Å². The molecule has 0 spiro atoms. The second-order valence-corrected chi connectivity index (χ2v) is 6.35. The van der Waals surface area contributed by atoms with Gasteiger partial charge in [0.2, 0.25) is 0 Å². The molecule has 1 fully saturated rings. The van der Waals surface area contributed by atoms with E-state index < -0.39 is 0 Å². The van der Waals surface area contributed by atoms with Crippen molar-refractivity contribution in [3.63, 3.8) is 0 Å². The van der Waals surface area contributed by atoms with Gasteiger partial charge in [0.15, 0.2) is 5.76 Å². The number of fused-ring (bicyclic) bond motifs is 1. The van der Waals surface area contributed by atoms with Crippen LogP contribution in [0.5, 0.6) is 0 Å². The molecular weight excluding hydrogens is 314 g/mol.